The summed E-state index contributed by atoms with van der Waals surface area (Å²) >= 11 is 0. The molecule has 0 spiro atoms. The number of benzene rings is 1. The van der Waals surface area contributed by atoms with Crippen molar-refractivity contribution in [1.82, 2.24) is 20.0 Å². The second-order valence-electron chi connectivity index (χ2n) is 6.16. The van der Waals surface area contributed by atoms with Gasteiger partial charge in [0.05, 0.1) is 23.5 Å². The van der Waals surface area contributed by atoms with Crippen molar-refractivity contribution in [3.05, 3.63) is 47.5 Å². The topological polar surface area (TPSA) is 89.6 Å². The molecule has 0 bridgehead atoms. The second-order valence-corrected chi connectivity index (χ2v) is 6.16. The number of hydrogen-bond acceptors (Lipinski definition) is 4. The number of nitriles is 1. The Morgan fingerprint density at radius 2 is 2.21 bits per heavy atom. The minimum absolute atomic E-state index is 0. The molecule has 1 N–H and O–H groups in total. The molecule has 1 aromatic heterocycles. The zero-order valence-electron chi connectivity index (χ0n) is 15.6. The number of carbonyl (C=O) groups is 1. The lowest BCUT2D eigenvalue weighted by molar-refractivity contribution is -0.120. The summed E-state index contributed by atoms with van der Waals surface area (Å²) in [6.07, 6.45) is 3.46. The Hall–Kier alpha value is -2.68. The summed E-state index contributed by atoms with van der Waals surface area (Å²) in [7, 11) is 3.42. The fourth-order valence-corrected chi connectivity index (χ4v) is 2.94. The molecule has 8 nitrogen and oxygen atoms in total. The van der Waals surface area contributed by atoms with Gasteiger partial charge in [-0.25, -0.2) is 4.39 Å². The van der Waals surface area contributed by atoms with E-state index in [2.05, 4.69) is 15.4 Å². The van der Waals surface area contributed by atoms with Crippen molar-refractivity contribution in [3.8, 4) is 6.07 Å². The van der Waals surface area contributed by atoms with Crippen LogP contribution >= 0.6 is 24.0 Å². The number of aliphatic imine (C=N–C) groups is 1. The molecule has 0 aliphatic carbocycles. The van der Waals surface area contributed by atoms with Gasteiger partial charge in [0.15, 0.2) is 5.96 Å². The Morgan fingerprint density at radius 3 is 2.79 bits per heavy atom. The summed E-state index contributed by atoms with van der Waals surface area (Å²) in [5.74, 6) is 0.0224. The highest BCUT2D eigenvalue weighted by molar-refractivity contribution is 14.0. The standard InChI is InChI=1S/C18H20FN7O.HI/c1-21-18(22-9-14-4-3-13(8-20)7-16(14)19)25-5-6-26(17(27)12-25)15-10-23-24(2)11-15;/h3-4,7,10-11H,5-6,9,12H2,1-2H3,(H,21,22);1H. The van der Waals surface area contributed by atoms with E-state index in [-0.39, 0.29) is 48.5 Å². The molecule has 1 aliphatic rings. The summed E-state index contributed by atoms with van der Waals surface area (Å²) in [5, 5.41) is 16.0. The van der Waals surface area contributed by atoms with Crippen molar-refractivity contribution in [2.75, 3.05) is 31.6 Å². The van der Waals surface area contributed by atoms with Gasteiger partial charge in [-0.05, 0) is 12.1 Å². The van der Waals surface area contributed by atoms with Gasteiger partial charge in [0, 0.05) is 45.5 Å². The van der Waals surface area contributed by atoms with Crippen LogP contribution in [0.4, 0.5) is 10.1 Å². The largest absolute Gasteiger partial charge is 0.352 e. The van der Waals surface area contributed by atoms with Crippen molar-refractivity contribution in [2.24, 2.45) is 12.0 Å². The SMILES string of the molecule is CN=C(NCc1ccc(C#N)cc1F)N1CCN(c2cnn(C)c2)C(=O)C1.I. The zero-order chi connectivity index (χ0) is 19.4. The lowest BCUT2D eigenvalue weighted by atomic mass is 10.1. The third-order valence-electron chi connectivity index (χ3n) is 4.35. The average molecular weight is 497 g/mol. The predicted molar refractivity (Wildman–Crippen MR) is 114 cm³/mol. The normalized spacial score (nSPS) is 14.5. The van der Waals surface area contributed by atoms with E-state index in [9.17, 15) is 9.18 Å². The van der Waals surface area contributed by atoms with Crippen LogP contribution in [0.2, 0.25) is 0 Å². The van der Waals surface area contributed by atoms with E-state index in [0.717, 1.165) is 5.69 Å². The minimum atomic E-state index is -0.450. The maximum atomic E-state index is 14.0. The lowest BCUT2D eigenvalue weighted by Gasteiger charge is -2.35. The van der Waals surface area contributed by atoms with Gasteiger partial charge in [-0.15, -0.1) is 24.0 Å². The fraction of sp³-hybridized carbons (Fsp3) is 0.333. The van der Waals surface area contributed by atoms with Gasteiger partial charge < -0.3 is 15.1 Å². The van der Waals surface area contributed by atoms with Crippen LogP contribution in [0.15, 0.2) is 35.6 Å². The smallest absolute Gasteiger partial charge is 0.246 e. The molecule has 148 valence electrons. The van der Waals surface area contributed by atoms with E-state index < -0.39 is 5.82 Å². The Morgan fingerprint density at radius 1 is 1.43 bits per heavy atom. The van der Waals surface area contributed by atoms with Crippen molar-refractivity contribution < 1.29 is 9.18 Å². The molecule has 3 rings (SSSR count). The molecule has 2 aromatic rings. The van der Waals surface area contributed by atoms with Gasteiger partial charge >= 0.3 is 0 Å². The molecule has 10 heteroatoms. The number of hydrogen-bond donors (Lipinski definition) is 1. The molecule has 1 saturated heterocycles. The highest BCUT2D eigenvalue weighted by atomic mass is 127. The van der Waals surface area contributed by atoms with Gasteiger partial charge in [0.2, 0.25) is 5.91 Å². The monoisotopic (exact) mass is 497 g/mol. The van der Waals surface area contributed by atoms with Gasteiger partial charge in [0.25, 0.3) is 0 Å². The van der Waals surface area contributed by atoms with Gasteiger partial charge in [-0.3, -0.25) is 14.5 Å². The molecule has 0 atom stereocenters. The van der Waals surface area contributed by atoms with Gasteiger partial charge in [-0.1, -0.05) is 6.07 Å². The van der Waals surface area contributed by atoms with Crippen LogP contribution in [0, 0.1) is 17.1 Å². The summed E-state index contributed by atoms with van der Waals surface area (Å²) in [6.45, 7) is 1.48. The Kier molecular flexibility index (Phi) is 7.33. The third kappa shape index (κ3) is 4.78. The van der Waals surface area contributed by atoms with Crippen LogP contribution in [-0.4, -0.2) is 53.2 Å². The van der Waals surface area contributed by atoms with Crippen LogP contribution in [-0.2, 0) is 18.4 Å². The van der Waals surface area contributed by atoms with Crippen molar-refractivity contribution >= 4 is 41.5 Å². The number of nitrogens with one attached hydrogen (secondary N) is 1. The first kappa shape index (κ1) is 21.6. The van der Waals surface area contributed by atoms with E-state index in [0.29, 0.717) is 24.6 Å². The van der Waals surface area contributed by atoms with Crippen LogP contribution in [0.25, 0.3) is 0 Å². The summed E-state index contributed by atoms with van der Waals surface area (Å²) < 4.78 is 15.7. The summed E-state index contributed by atoms with van der Waals surface area (Å²) in [6, 6.07) is 6.25. The lowest BCUT2D eigenvalue weighted by Crippen LogP contribution is -2.55. The van der Waals surface area contributed by atoms with Gasteiger partial charge in [0.1, 0.15) is 12.4 Å². The number of piperazine rings is 1. The van der Waals surface area contributed by atoms with Crippen molar-refractivity contribution in [1.29, 1.82) is 5.26 Å². The Balaban J connectivity index is 0.00000280. The maximum Gasteiger partial charge on any atom is 0.246 e. The molecule has 28 heavy (non-hydrogen) atoms. The number of amides is 1. The molecular weight excluding hydrogens is 476 g/mol. The number of aromatic nitrogens is 2. The molecule has 1 amide bonds. The first-order valence-corrected chi connectivity index (χ1v) is 8.45. The van der Waals surface area contributed by atoms with E-state index in [1.807, 2.05) is 11.0 Å². The van der Waals surface area contributed by atoms with Crippen LogP contribution < -0.4 is 10.2 Å². The molecule has 0 radical (unpaired) electrons. The Bertz CT molecular complexity index is 921. The highest BCUT2D eigenvalue weighted by Gasteiger charge is 2.27. The van der Waals surface area contributed by atoms with E-state index >= 15 is 0 Å². The first-order valence-electron chi connectivity index (χ1n) is 8.45. The van der Waals surface area contributed by atoms with E-state index in [1.165, 1.54) is 6.07 Å². The predicted octanol–water partition coefficient (Wildman–Crippen LogP) is 1.47. The molecule has 0 unspecified atom stereocenters. The number of carbonyl (C=O) groups excluding carboxylic acids is 1. The maximum absolute atomic E-state index is 14.0. The Labute approximate surface area is 179 Å². The average Bonchev–Trinajstić information content (AvgIpc) is 3.09. The number of halogens is 2. The molecule has 1 fully saturated rings. The number of rotatable bonds is 3. The quantitative estimate of drug-likeness (QED) is 0.394. The number of anilines is 1. The molecular formula is C18H21FIN7O. The highest BCUT2D eigenvalue weighted by Crippen LogP contribution is 2.16. The second kappa shape index (κ2) is 9.50. The summed E-state index contributed by atoms with van der Waals surface area (Å²) in [4.78, 5) is 20.2. The molecule has 2 heterocycles. The molecule has 0 saturated carbocycles. The molecule has 1 aromatic carbocycles. The first-order chi connectivity index (χ1) is 13.0. The number of guanidine groups is 1. The fourth-order valence-electron chi connectivity index (χ4n) is 2.94. The summed E-state index contributed by atoms with van der Waals surface area (Å²) in [5.41, 5.74) is 1.47. The minimum Gasteiger partial charge on any atom is -0.352 e. The number of aryl methyl sites for hydroxylation is 1. The van der Waals surface area contributed by atoms with Crippen LogP contribution in [0.3, 0.4) is 0 Å². The zero-order valence-corrected chi connectivity index (χ0v) is 17.9. The van der Waals surface area contributed by atoms with E-state index in [1.54, 1.807) is 48.2 Å². The number of nitrogens with zero attached hydrogens (tertiary/aromatic N) is 6. The van der Waals surface area contributed by atoms with Crippen molar-refractivity contribution in [2.45, 2.75) is 6.54 Å². The van der Waals surface area contributed by atoms with E-state index in [4.69, 9.17) is 5.26 Å². The van der Waals surface area contributed by atoms with Crippen LogP contribution in [0.5, 0.6) is 0 Å². The van der Waals surface area contributed by atoms with Crippen LogP contribution in [0.1, 0.15) is 11.1 Å². The van der Waals surface area contributed by atoms with Gasteiger partial charge in [-0.2, -0.15) is 10.4 Å². The third-order valence-corrected chi connectivity index (χ3v) is 4.35. The van der Waals surface area contributed by atoms with Crippen molar-refractivity contribution in [3.63, 3.8) is 0 Å². The molecule has 1 aliphatic heterocycles.